The van der Waals surface area contributed by atoms with Crippen LogP contribution in [-0.2, 0) is 10.3 Å². The first-order valence-corrected chi connectivity index (χ1v) is 6.01. The Morgan fingerprint density at radius 2 is 1.95 bits per heavy atom. The number of benzene rings is 1. The molecule has 0 aliphatic heterocycles. The zero-order chi connectivity index (χ0) is 14.0. The fourth-order valence-electron chi connectivity index (χ4n) is 1.84. The van der Waals surface area contributed by atoms with Crippen LogP contribution in [0.2, 0.25) is 0 Å². The summed E-state index contributed by atoms with van der Waals surface area (Å²) in [6, 6.07) is 9.74. The molecule has 0 bridgehead atoms. The highest BCUT2D eigenvalue weighted by atomic mass is 16.4. The quantitative estimate of drug-likeness (QED) is 0.903. The summed E-state index contributed by atoms with van der Waals surface area (Å²) in [4.78, 5) is 11.3. The van der Waals surface area contributed by atoms with Crippen LogP contribution >= 0.6 is 0 Å². The summed E-state index contributed by atoms with van der Waals surface area (Å²) in [7, 11) is 0. The van der Waals surface area contributed by atoms with Gasteiger partial charge in [-0.2, -0.15) is 0 Å². The van der Waals surface area contributed by atoms with E-state index in [1.54, 1.807) is 13.8 Å². The molecule has 100 valence electrons. The van der Waals surface area contributed by atoms with Gasteiger partial charge in [-0.25, -0.2) is 9.48 Å². The summed E-state index contributed by atoms with van der Waals surface area (Å²) in [5.74, 6) is -0.505. The van der Waals surface area contributed by atoms with E-state index in [0.29, 0.717) is 5.82 Å². The second-order valence-corrected chi connectivity index (χ2v) is 4.95. The van der Waals surface area contributed by atoms with E-state index in [1.165, 1.54) is 4.68 Å². The Kier molecular flexibility index (Phi) is 3.33. The molecule has 1 heterocycles. The van der Waals surface area contributed by atoms with Crippen molar-refractivity contribution in [3.05, 3.63) is 41.7 Å². The highest BCUT2D eigenvalue weighted by Gasteiger charge is 2.34. The number of aromatic nitrogens is 4. The highest BCUT2D eigenvalue weighted by Crippen LogP contribution is 2.25. The van der Waals surface area contributed by atoms with Crippen molar-refractivity contribution in [3.63, 3.8) is 0 Å². The number of nitrogens with zero attached hydrogens (tertiary/aromatic N) is 4. The van der Waals surface area contributed by atoms with Crippen molar-refractivity contribution in [1.29, 1.82) is 0 Å². The zero-order valence-electron chi connectivity index (χ0n) is 11.1. The van der Waals surface area contributed by atoms with Gasteiger partial charge >= 0.3 is 5.97 Å². The summed E-state index contributed by atoms with van der Waals surface area (Å²) in [6.07, 6.45) is 0. The Labute approximate surface area is 111 Å². The second-order valence-electron chi connectivity index (χ2n) is 4.95. The van der Waals surface area contributed by atoms with Crippen LogP contribution < -0.4 is 0 Å². The lowest BCUT2D eigenvalue weighted by Crippen LogP contribution is -2.38. The minimum atomic E-state index is -1.18. The van der Waals surface area contributed by atoms with Crippen molar-refractivity contribution in [2.24, 2.45) is 0 Å². The molecule has 0 amide bonds. The summed E-state index contributed by atoms with van der Waals surface area (Å²) in [6.45, 7) is 5.11. The number of carboxylic acids is 1. The predicted octanol–water partition coefficient (Wildman–Crippen LogP) is 1.64. The van der Waals surface area contributed by atoms with Crippen LogP contribution in [0.4, 0.5) is 0 Å². The fraction of sp³-hybridized carbons (Fsp3) is 0.385. The number of hydrogen-bond acceptors (Lipinski definition) is 4. The van der Waals surface area contributed by atoms with Gasteiger partial charge in [0.1, 0.15) is 0 Å². The summed E-state index contributed by atoms with van der Waals surface area (Å²) in [5, 5.41) is 20.7. The Hall–Kier alpha value is -2.24. The second kappa shape index (κ2) is 4.79. The molecule has 0 spiro atoms. The summed E-state index contributed by atoms with van der Waals surface area (Å²) in [5.41, 5.74) is -0.137. The molecule has 2 rings (SSSR count). The van der Waals surface area contributed by atoms with Crippen molar-refractivity contribution < 1.29 is 9.90 Å². The van der Waals surface area contributed by atoms with E-state index in [4.69, 9.17) is 0 Å². The number of tetrazole rings is 1. The first-order valence-electron chi connectivity index (χ1n) is 6.01. The molecule has 1 unspecified atom stereocenters. The van der Waals surface area contributed by atoms with Crippen LogP contribution in [0, 0.1) is 0 Å². The van der Waals surface area contributed by atoms with Gasteiger partial charge in [-0.3, -0.25) is 0 Å². The normalized spacial score (nSPS) is 13.2. The van der Waals surface area contributed by atoms with Gasteiger partial charge in [0.25, 0.3) is 0 Å². The lowest BCUT2D eigenvalue weighted by atomic mass is 9.98. The third kappa shape index (κ3) is 2.33. The smallest absolute Gasteiger partial charge is 0.331 e. The SMILES string of the molecule is CC(c1ccccc1)c1nnnn1C(C)(C)C(=O)O. The minimum absolute atomic E-state index is 0.0742. The van der Waals surface area contributed by atoms with Crippen molar-refractivity contribution in [2.75, 3.05) is 0 Å². The van der Waals surface area contributed by atoms with E-state index in [9.17, 15) is 9.90 Å². The molecule has 1 aromatic heterocycles. The molecule has 0 radical (unpaired) electrons. The van der Waals surface area contributed by atoms with Gasteiger partial charge in [0.15, 0.2) is 11.4 Å². The lowest BCUT2D eigenvalue weighted by Gasteiger charge is -2.22. The number of hydrogen-bond donors (Lipinski definition) is 1. The van der Waals surface area contributed by atoms with Gasteiger partial charge in [-0.05, 0) is 29.8 Å². The molecule has 6 nitrogen and oxygen atoms in total. The lowest BCUT2D eigenvalue weighted by molar-refractivity contribution is -0.146. The largest absolute Gasteiger partial charge is 0.479 e. The number of aliphatic carboxylic acids is 1. The molecule has 0 fully saturated rings. The Morgan fingerprint density at radius 1 is 1.32 bits per heavy atom. The molecular formula is C13H16N4O2. The highest BCUT2D eigenvalue weighted by molar-refractivity contribution is 5.75. The third-order valence-corrected chi connectivity index (χ3v) is 3.23. The molecule has 1 atom stereocenters. The Balaban J connectivity index is 2.43. The van der Waals surface area contributed by atoms with Gasteiger partial charge < -0.3 is 5.11 Å². The molecule has 6 heteroatoms. The van der Waals surface area contributed by atoms with Gasteiger partial charge in [0.2, 0.25) is 0 Å². The molecule has 1 aromatic carbocycles. The van der Waals surface area contributed by atoms with Gasteiger partial charge in [0.05, 0.1) is 0 Å². The molecule has 2 aromatic rings. The molecule has 1 N–H and O–H groups in total. The average molecular weight is 260 g/mol. The third-order valence-electron chi connectivity index (χ3n) is 3.23. The predicted molar refractivity (Wildman–Crippen MR) is 68.7 cm³/mol. The molecule has 0 aliphatic rings. The Morgan fingerprint density at radius 3 is 2.53 bits per heavy atom. The molecule has 19 heavy (non-hydrogen) atoms. The average Bonchev–Trinajstić information content (AvgIpc) is 2.88. The van der Waals surface area contributed by atoms with E-state index in [0.717, 1.165) is 5.56 Å². The van der Waals surface area contributed by atoms with Crippen LogP contribution in [0.1, 0.15) is 38.1 Å². The maximum Gasteiger partial charge on any atom is 0.331 e. The van der Waals surface area contributed by atoms with Crippen molar-refractivity contribution >= 4 is 5.97 Å². The maximum absolute atomic E-state index is 11.3. The summed E-state index contributed by atoms with van der Waals surface area (Å²) < 4.78 is 1.37. The van der Waals surface area contributed by atoms with Crippen LogP contribution in [0.25, 0.3) is 0 Å². The van der Waals surface area contributed by atoms with Crippen molar-refractivity contribution in [1.82, 2.24) is 20.2 Å². The topological polar surface area (TPSA) is 80.9 Å². The van der Waals surface area contributed by atoms with Crippen molar-refractivity contribution in [3.8, 4) is 0 Å². The molecule has 0 aliphatic carbocycles. The first kappa shape index (κ1) is 13.2. The van der Waals surface area contributed by atoms with Gasteiger partial charge in [0, 0.05) is 5.92 Å². The first-order chi connectivity index (χ1) is 8.94. The van der Waals surface area contributed by atoms with E-state index in [1.807, 2.05) is 37.3 Å². The minimum Gasteiger partial charge on any atom is -0.479 e. The van der Waals surface area contributed by atoms with Crippen molar-refractivity contribution in [2.45, 2.75) is 32.2 Å². The van der Waals surface area contributed by atoms with Crippen LogP contribution in [0.5, 0.6) is 0 Å². The number of rotatable bonds is 4. The van der Waals surface area contributed by atoms with Crippen LogP contribution in [-0.4, -0.2) is 31.3 Å². The molecule has 0 saturated heterocycles. The maximum atomic E-state index is 11.3. The standard InChI is InChI=1S/C13H16N4O2/c1-9(10-7-5-4-6-8-10)11-14-15-16-17(11)13(2,3)12(18)19/h4-9H,1-3H3,(H,18,19). The van der Waals surface area contributed by atoms with Crippen LogP contribution in [0.15, 0.2) is 30.3 Å². The molecular weight excluding hydrogens is 244 g/mol. The fourth-order valence-corrected chi connectivity index (χ4v) is 1.84. The Bertz CT molecular complexity index is 577. The van der Waals surface area contributed by atoms with Gasteiger partial charge in [-0.15, -0.1) is 5.10 Å². The van der Waals surface area contributed by atoms with E-state index < -0.39 is 11.5 Å². The molecule has 0 saturated carbocycles. The summed E-state index contributed by atoms with van der Waals surface area (Å²) >= 11 is 0. The van der Waals surface area contributed by atoms with E-state index >= 15 is 0 Å². The monoisotopic (exact) mass is 260 g/mol. The van der Waals surface area contributed by atoms with E-state index in [2.05, 4.69) is 15.5 Å². The number of carbonyl (C=O) groups is 1. The number of carboxylic acid groups (broad SMARTS) is 1. The zero-order valence-corrected chi connectivity index (χ0v) is 11.1. The van der Waals surface area contributed by atoms with E-state index in [-0.39, 0.29) is 5.92 Å². The van der Waals surface area contributed by atoms with Crippen LogP contribution in [0.3, 0.4) is 0 Å². The van der Waals surface area contributed by atoms with Gasteiger partial charge in [-0.1, -0.05) is 37.3 Å².